The van der Waals surface area contributed by atoms with Crippen molar-refractivity contribution in [1.82, 2.24) is 15.5 Å². The van der Waals surface area contributed by atoms with Crippen molar-refractivity contribution in [3.63, 3.8) is 0 Å². The summed E-state index contributed by atoms with van der Waals surface area (Å²) in [7, 11) is 1.64. The number of rotatable bonds is 9. The average molecular weight is 321 g/mol. The van der Waals surface area contributed by atoms with Gasteiger partial charge in [0, 0.05) is 51.3 Å². The number of hydrogen-bond acceptors (Lipinski definition) is 5. The van der Waals surface area contributed by atoms with Gasteiger partial charge in [-0.1, -0.05) is 18.2 Å². The third kappa shape index (κ3) is 6.56. The maximum absolute atomic E-state index is 11.9. The fourth-order valence-electron chi connectivity index (χ4n) is 2.52. The van der Waals surface area contributed by atoms with Crippen LogP contribution in [-0.4, -0.2) is 63.9 Å². The molecule has 0 spiro atoms. The minimum atomic E-state index is 0.0507. The zero-order valence-electron chi connectivity index (χ0n) is 13.8. The molecule has 0 radical (unpaired) electrons. The molecule has 0 aliphatic carbocycles. The highest BCUT2D eigenvalue weighted by Gasteiger charge is 2.09. The first kappa shape index (κ1) is 17.7. The van der Waals surface area contributed by atoms with Gasteiger partial charge in [0.25, 0.3) is 0 Å². The molecule has 6 nitrogen and oxygen atoms in total. The number of methoxy groups -OCH3 is 1. The molecule has 1 aliphatic rings. The van der Waals surface area contributed by atoms with Crippen molar-refractivity contribution in [3.8, 4) is 5.75 Å². The number of morpholine rings is 1. The summed E-state index contributed by atoms with van der Waals surface area (Å²) in [5.41, 5.74) is 0.989. The second-order valence-corrected chi connectivity index (χ2v) is 5.54. The lowest BCUT2D eigenvalue weighted by Crippen LogP contribution is -2.40. The summed E-state index contributed by atoms with van der Waals surface area (Å²) >= 11 is 0. The molecule has 1 aromatic carbocycles. The van der Waals surface area contributed by atoms with Crippen molar-refractivity contribution in [2.45, 2.75) is 13.0 Å². The maximum Gasteiger partial charge on any atom is 0.221 e. The van der Waals surface area contributed by atoms with Crippen molar-refractivity contribution >= 4 is 5.91 Å². The summed E-state index contributed by atoms with van der Waals surface area (Å²) in [5, 5.41) is 6.24. The van der Waals surface area contributed by atoms with E-state index in [-0.39, 0.29) is 5.91 Å². The standard InChI is InChI=1S/C17H27N3O3/c1-22-16-5-3-2-4-15(16)14-19-17(21)6-7-18-8-9-20-10-12-23-13-11-20/h2-5,18H,6-14H2,1H3,(H,19,21). The Bertz CT molecular complexity index is 476. The Morgan fingerprint density at radius 3 is 2.83 bits per heavy atom. The van der Waals surface area contributed by atoms with E-state index in [1.807, 2.05) is 24.3 Å². The second-order valence-electron chi connectivity index (χ2n) is 5.54. The van der Waals surface area contributed by atoms with Crippen LogP contribution in [0, 0.1) is 0 Å². The normalized spacial score (nSPS) is 15.3. The van der Waals surface area contributed by atoms with Crippen molar-refractivity contribution in [3.05, 3.63) is 29.8 Å². The Balaban J connectivity index is 1.54. The predicted octanol–water partition coefficient (Wildman–Crippen LogP) is 0.623. The third-order valence-electron chi connectivity index (χ3n) is 3.91. The Morgan fingerprint density at radius 1 is 1.26 bits per heavy atom. The Kier molecular flexibility index (Phi) is 7.86. The smallest absolute Gasteiger partial charge is 0.221 e. The van der Waals surface area contributed by atoms with Gasteiger partial charge in [0.15, 0.2) is 0 Å². The number of nitrogens with one attached hydrogen (secondary N) is 2. The van der Waals surface area contributed by atoms with Gasteiger partial charge in [-0.25, -0.2) is 0 Å². The molecular weight excluding hydrogens is 294 g/mol. The van der Waals surface area contributed by atoms with Gasteiger partial charge in [-0.2, -0.15) is 0 Å². The van der Waals surface area contributed by atoms with Gasteiger partial charge in [0.1, 0.15) is 5.75 Å². The zero-order valence-corrected chi connectivity index (χ0v) is 13.8. The van der Waals surface area contributed by atoms with Crippen LogP contribution in [0.3, 0.4) is 0 Å². The molecule has 0 bridgehead atoms. The van der Waals surface area contributed by atoms with E-state index in [4.69, 9.17) is 9.47 Å². The molecular formula is C17H27N3O3. The Morgan fingerprint density at radius 2 is 2.04 bits per heavy atom. The molecule has 2 rings (SSSR count). The molecule has 2 N–H and O–H groups in total. The number of nitrogens with zero attached hydrogens (tertiary/aromatic N) is 1. The molecule has 1 saturated heterocycles. The fourth-order valence-corrected chi connectivity index (χ4v) is 2.52. The van der Waals surface area contributed by atoms with Gasteiger partial charge in [0.2, 0.25) is 5.91 Å². The summed E-state index contributed by atoms with van der Waals surface area (Å²) in [6.45, 7) is 6.75. The molecule has 0 aromatic heterocycles. The fraction of sp³-hybridized carbons (Fsp3) is 0.588. The minimum absolute atomic E-state index is 0.0507. The largest absolute Gasteiger partial charge is 0.496 e. The lowest BCUT2D eigenvalue weighted by molar-refractivity contribution is -0.121. The molecule has 0 atom stereocenters. The molecule has 128 valence electrons. The summed E-state index contributed by atoms with van der Waals surface area (Å²) in [6.07, 6.45) is 0.484. The lowest BCUT2D eigenvalue weighted by atomic mass is 10.2. The number of carbonyl (C=O) groups is 1. The van der Waals surface area contributed by atoms with E-state index in [1.54, 1.807) is 7.11 Å². The highest BCUT2D eigenvalue weighted by Crippen LogP contribution is 2.16. The molecule has 0 unspecified atom stereocenters. The van der Waals surface area contributed by atoms with E-state index in [9.17, 15) is 4.79 Å². The van der Waals surface area contributed by atoms with Crippen LogP contribution in [0.1, 0.15) is 12.0 Å². The summed E-state index contributed by atoms with van der Waals surface area (Å²) in [5.74, 6) is 0.853. The minimum Gasteiger partial charge on any atom is -0.496 e. The molecule has 1 amide bonds. The van der Waals surface area contributed by atoms with Gasteiger partial charge in [-0.05, 0) is 6.07 Å². The quantitative estimate of drug-likeness (QED) is 0.653. The third-order valence-corrected chi connectivity index (χ3v) is 3.91. The monoisotopic (exact) mass is 321 g/mol. The number of benzene rings is 1. The molecule has 1 aromatic rings. The number of carbonyl (C=O) groups excluding carboxylic acids is 1. The second kappa shape index (κ2) is 10.2. The van der Waals surface area contributed by atoms with Crippen LogP contribution in [0.25, 0.3) is 0 Å². The highest BCUT2D eigenvalue weighted by molar-refractivity contribution is 5.76. The molecule has 1 aliphatic heterocycles. The van der Waals surface area contributed by atoms with E-state index in [0.717, 1.165) is 50.7 Å². The Labute approximate surface area is 138 Å². The Hall–Kier alpha value is -1.63. The number of ether oxygens (including phenoxy) is 2. The van der Waals surface area contributed by atoms with Crippen LogP contribution < -0.4 is 15.4 Å². The number of hydrogen-bond donors (Lipinski definition) is 2. The molecule has 0 saturated carbocycles. The van der Waals surface area contributed by atoms with Crippen LogP contribution in [-0.2, 0) is 16.1 Å². The van der Waals surface area contributed by atoms with E-state index < -0.39 is 0 Å². The van der Waals surface area contributed by atoms with Crippen LogP contribution in [0.5, 0.6) is 5.75 Å². The van der Waals surface area contributed by atoms with E-state index in [1.165, 1.54) is 0 Å². The molecule has 1 heterocycles. The van der Waals surface area contributed by atoms with Crippen molar-refractivity contribution in [2.75, 3.05) is 53.0 Å². The van der Waals surface area contributed by atoms with Gasteiger partial charge >= 0.3 is 0 Å². The van der Waals surface area contributed by atoms with Crippen LogP contribution in [0.2, 0.25) is 0 Å². The molecule has 1 fully saturated rings. The average Bonchev–Trinajstić information content (AvgIpc) is 2.60. The number of para-hydroxylation sites is 1. The first-order valence-corrected chi connectivity index (χ1v) is 8.19. The van der Waals surface area contributed by atoms with Gasteiger partial charge < -0.3 is 20.1 Å². The van der Waals surface area contributed by atoms with Gasteiger partial charge in [-0.15, -0.1) is 0 Å². The van der Waals surface area contributed by atoms with Crippen LogP contribution in [0.15, 0.2) is 24.3 Å². The van der Waals surface area contributed by atoms with Crippen molar-refractivity contribution in [1.29, 1.82) is 0 Å². The summed E-state index contributed by atoms with van der Waals surface area (Å²) in [4.78, 5) is 14.2. The van der Waals surface area contributed by atoms with Crippen molar-refractivity contribution < 1.29 is 14.3 Å². The summed E-state index contributed by atoms with van der Waals surface area (Å²) in [6, 6.07) is 7.72. The van der Waals surface area contributed by atoms with Gasteiger partial charge in [-0.3, -0.25) is 9.69 Å². The van der Waals surface area contributed by atoms with E-state index in [0.29, 0.717) is 19.5 Å². The molecule has 6 heteroatoms. The SMILES string of the molecule is COc1ccccc1CNC(=O)CCNCCN1CCOCC1. The van der Waals surface area contributed by atoms with Crippen molar-refractivity contribution in [2.24, 2.45) is 0 Å². The van der Waals surface area contributed by atoms with E-state index in [2.05, 4.69) is 15.5 Å². The zero-order chi connectivity index (χ0) is 16.3. The van der Waals surface area contributed by atoms with Gasteiger partial charge in [0.05, 0.1) is 20.3 Å². The number of amides is 1. The van der Waals surface area contributed by atoms with Crippen LogP contribution in [0.4, 0.5) is 0 Å². The lowest BCUT2D eigenvalue weighted by Gasteiger charge is -2.26. The first-order chi connectivity index (χ1) is 11.3. The predicted molar refractivity (Wildman–Crippen MR) is 89.6 cm³/mol. The van der Waals surface area contributed by atoms with E-state index >= 15 is 0 Å². The first-order valence-electron chi connectivity index (χ1n) is 8.19. The van der Waals surface area contributed by atoms with Crippen LogP contribution >= 0.6 is 0 Å². The molecule has 23 heavy (non-hydrogen) atoms. The highest BCUT2D eigenvalue weighted by atomic mass is 16.5. The maximum atomic E-state index is 11.9. The summed E-state index contributed by atoms with van der Waals surface area (Å²) < 4.78 is 10.6. The topological polar surface area (TPSA) is 62.8 Å².